The van der Waals surface area contributed by atoms with Gasteiger partial charge in [0.2, 0.25) is 5.78 Å². The molecule has 96 valence electrons. The highest BCUT2D eigenvalue weighted by Gasteiger charge is 2.15. The molecule has 0 atom stereocenters. The highest BCUT2D eigenvalue weighted by Crippen LogP contribution is 2.20. The number of carbonyl (C=O) groups excluding carboxylic acids is 1. The van der Waals surface area contributed by atoms with Crippen LogP contribution in [-0.4, -0.2) is 10.4 Å². The van der Waals surface area contributed by atoms with E-state index in [-0.39, 0.29) is 16.8 Å². The quantitative estimate of drug-likeness (QED) is 0.675. The standard InChI is InChI=1S/C13H8ClNO4/c1-15-8-3-2-7(6-10(8)19-13(15)17)12(16)9-4-5-11(14)18-9/h2-6H,1H3. The van der Waals surface area contributed by atoms with Crippen molar-refractivity contribution in [2.45, 2.75) is 0 Å². The second kappa shape index (κ2) is 4.13. The van der Waals surface area contributed by atoms with E-state index >= 15 is 0 Å². The molecule has 1 aromatic carbocycles. The van der Waals surface area contributed by atoms with Crippen molar-refractivity contribution in [3.05, 3.63) is 57.4 Å². The molecule has 2 heterocycles. The fourth-order valence-electron chi connectivity index (χ4n) is 1.85. The predicted molar refractivity (Wildman–Crippen MR) is 68.6 cm³/mol. The van der Waals surface area contributed by atoms with E-state index in [4.69, 9.17) is 20.4 Å². The summed E-state index contributed by atoms with van der Waals surface area (Å²) in [6, 6.07) is 7.76. The SMILES string of the molecule is Cn1c(=O)oc2cc(C(=O)c3ccc(Cl)o3)ccc21. The summed E-state index contributed by atoms with van der Waals surface area (Å²) in [5.41, 5.74) is 1.35. The monoisotopic (exact) mass is 277 g/mol. The van der Waals surface area contributed by atoms with Crippen LogP contribution < -0.4 is 5.76 Å². The Labute approximate surface area is 112 Å². The van der Waals surface area contributed by atoms with E-state index in [0.717, 1.165) is 0 Å². The molecule has 3 aromatic rings. The van der Waals surface area contributed by atoms with Crippen molar-refractivity contribution in [1.29, 1.82) is 0 Å². The molecule has 0 saturated heterocycles. The highest BCUT2D eigenvalue weighted by molar-refractivity contribution is 6.29. The highest BCUT2D eigenvalue weighted by atomic mass is 35.5. The summed E-state index contributed by atoms with van der Waals surface area (Å²) in [5.74, 6) is -0.649. The summed E-state index contributed by atoms with van der Waals surface area (Å²) in [6.45, 7) is 0. The molecule has 0 saturated carbocycles. The van der Waals surface area contributed by atoms with E-state index in [0.29, 0.717) is 16.7 Å². The predicted octanol–water partition coefficient (Wildman–Crippen LogP) is 2.61. The third-order valence-corrected chi connectivity index (χ3v) is 3.05. The number of carbonyl (C=O) groups is 1. The van der Waals surface area contributed by atoms with Crippen molar-refractivity contribution in [1.82, 2.24) is 4.57 Å². The minimum absolute atomic E-state index is 0.141. The second-order valence-corrected chi connectivity index (χ2v) is 4.41. The van der Waals surface area contributed by atoms with Crippen LogP contribution >= 0.6 is 11.6 Å². The Kier molecular flexibility index (Phi) is 2.57. The van der Waals surface area contributed by atoms with Crippen LogP contribution in [0.4, 0.5) is 0 Å². The molecule has 6 heteroatoms. The molecule has 0 unspecified atom stereocenters. The first-order valence-corrected chi connectivity index (χ1v) is 5.83. The van der Waals surface area contributed by atoms with E-state index in [9.17, 15) is 9.59 Å². The number of aromatic nitrogens is 1. The van der Waals surface area contributed by atoms with Crippen molar-refractivity contribution in [3.8, 4) is 0 Å². The van der Waals surface area contributed by atoms with Crippen molar-refractivity contribution in [3.63, 3.8) is 0 Å². The van der Waals surface area contributed by atoms with Crippen LogP contribution in [0, 0.1) is 0 Å². The van der Waals surface area contributed by atoms with Crippen LogP contribution in [0.25, 0.3) is 11.1 Å². The molecule has 0 amide bonds. The van der Waals surface area contributed by atoms with Crippen LogP contribution in [0.3, 0.4) is 0 Å². The normalized spacial score (nSPS) is 11.1. The van der Waals surface area contributed by atoms with E-state index in [1.165, 1.54) is 22.8 Å². The lowest BCUT2D eigenvalue weighted by Gasteiger charge is -1.97. The van der Waals surface area contributed by atoms with Gasteiger partial charge in [0.25, 0.3) is 0 Å². The molecule has 0 aliphatic heterocycles. The molecule has 3 rings (SSSR count). The van der Waals surface area contributed by atoms with Gasteiger partial charge < -0.3 is 8.83 Å². The lowest BCUT2D eigenvalue weighted by Crippen LogP contribution is -2.08. The second-order valence-electron chi connectivity index (χ2n) is 4.04. The number of fused-ring (bicyclic) bond motifs is 1. The molecule has 0 bridgehead atoms. The van der Waals surface area contributed by atoms with E-state index in [1.54, 1.807) is 19.2 Å². The Bertz CT molecular complexity index is 840. The number of hydrogen-bond donors (Lipinski definition) is 0. The first kappa shape index (κ1) is 11.8. The van der Waals surface area contributed by atoms with Crippen LogP contribution in [0.5, 0.6) is 0 Å². The van der Waals surface area contributed by atoms with E-state index in [2.05, 4.69) is 0 Å². The number of hydrogen-bond acceptors (Lipinski definition) is 4. The smallest absolute Gasteiger partial charge is 0.419 e. The fourth-order valence-corrected chi connectivity index (χ4v) is 2.00. The molecule has 5 nitrogen and oxygen atoms in total. The third kappa shape index (κ3) is 1.88. The van der Waals surface area contributed by atoms with Gasteiger partial charge >= 0.3 is 5.76 Å². The third-order valence-electron chi connectivity index (χ3n) is 2.85. The number of benzene rings is 1. The van der Waals surface area contributed by atoms with Gasteiger partial charge in [0, 0.05) is 12.6 Å². The van der Waals surface area contributed by atoms with E-state index in [1.807, 2.05) is 0 Å². The summed E-state index contributed by atoms with van der Waals surface area (Å²) < 4.78 is 11.5. The molecule has 0 fully saturated rings. The van der Waals surface area contributed by atoms with Gasteiger partial charge in [0.1, 0.15) is 0 Å². The minimum atomic E-state index is -0.472. The van der Waals surface area contributed by atoms with E-state index < -0.39 is 5.76 Å². The number of oxazole rings is 1. The van der Waals surface area contributed by atoms with Gasteiger partial charge in [0.05, 0.1) is 5.52 Å². The lowest BCUT2D eigenvalue weighted by atomic mass is 10.1. The number of rotatable bonds is 2. The maximum Gasteiger partial charge on any atom is 0.419 e. The molecule has 0 spiro atoms. The zero-order valence-corrected chi connectivity index (χ0v) is 10.6. The van der Waals surface area contributed by atoms with Gasteiger partial charge in [-0.3, -0.25) is 9.36 Å². The van der Waals surface area contributed by atoms with Crippen LogP contribution in [0.15, 0.2) is 44.0 Å². The molecule has 0 radical (unpaired) electrons. The van der Waals surface area contributed by atoms with Crippen LogP contribution in [0.1, 0.15) is 16.1 Å². The summed E-state index contributed by atoms with van der Waals surface area (Å²) in [6.07, 6.45) is 0. The summed E-state index contributed by atoms with van der Waals surface area (Å²) in [5, 5.41) is 0.149. The molecular weight excluding hydrogens is 270 g/mol. The number of aryl methyl sites for hydroxylation is 1. The first-order valence-electron chi connectivity index (χ1n) is 5.46. The Morgan fingerprint density at radius 3 is 2.68 bits per heavy atom. The molecule has 0 aliphatic carbocycles. The van der Waals surface area contributed by atoms with Gasteiger partial charge in [-0.15, -0.1) is 0 Å². The molecule has 0 N–H and O–H groups in total. The Morgan fingerprint density at radius 1 is 1.21 bits per heavy atom. The summed E-state index contributed by atoms with van der Waals surface area (Å²) in [4.78, 5) is 23.5. The Balaban J connectivity index is 2.11. The number of halogens is 1. The van der Waals surface area contributed by atoms with Crippen LogP contribution in [-0.2, 0) is 7.05 Å². The maximum atomic E-state index is 12.1. The first-order chi connectivity index (χ1) is 9.06. The Hall–Kier alpha value is -2.27. The Morgan fingerprint density at radius 2 is 2.00 bits per heavy atom. The molecule has 2 aromatic heterocycles. The lowest BCUT2D eigenvalue weighted by molar-refractivity contribution is 0.101. The van der Waals surface area contributed by atoms with Crippen molar-refractivity contribution >= 4 is 28.5 Å². The number of nitrogens with zero attached hydrogens (tertiary/aromatic N) is 1. The topological polar surface area (TPSA) is 65.3 Å². The summed E-state index contributed by atoms with van der Waals surface area (Å²) in [7, 11) is 1.60. The van der Waals surface area contributed by atoms with Crippen molar-refractivity contribution in [2.75, 3.05) is 0 Å². The van der Waals surface area contributed by atoms with Crippen molar-refractivity contribution < 1.29 is 13.6 Å². The molecule has 0 aliphatic rings. The number of furan rings is 1. The van der Waals surface area contributed by atoms with Gasteiger partial charge in [-0.1, -0.05) is 0 Å². The fraction of sp³-hybridized carbons (Fsp3) is 0.0769. The summed E-state index contributed by atoms with van der Waals surface area (Å²) >= 11 is 5.63. The number of ketones is 1. The zero-order chi connectivity index (χ0) is 13.6. The maximum absolute atomic E-state index is 12.1. The molecular formula is C13H8ClNO4. The average molecular weight is 278 g/mol. The van der Waals surface area contributed by atoms with Gasteiger partial charge in [-0.2, -0.15) is 0 Å². The van der Waals surface area contributed by atoms with Gasteiger partial charge in [0.15, 0.2) is 16.6 Å². The largest absolute Gasteiger partial charge is 0.441 e. The zero-order valence-electron chi connectivity index (χ0n) is 9.84. The van der Waals surface area contributed by atoms with Crippen LogP contribution in [0.2, 0.25) is 5.22 Å². The van der Waals surface area contributed by atoms with Gasteiger partial charge in [-0.25, -0.2) is 4.79 Å². The molecule has 19 heavy (non-hydrogen) atoms. The minimum Gasteiger partial charge on any atom is -0.441 e. The average Bonchev–Trinajstić information content (AvgIpc) is 2.94. The van der Waals surface area contributed by atoms with Crippen molar-refractivity contribution in [2.24, 2.45) is 7.05 Å². The van der Waals surface area contributed by atoms with Gasteiger partial charge in [-0.05, 0) is 41.9 Å².